The first-order valence-corrected chi connectivity index (χ1v) is 6.87. The van der Waals surface area contributed by atoms with Gasteiger partial charge in [-0.1, -0.05) is 57.2 Å². The van der Waals surface area contributed by atoms with Crippen molar-refractivity contribution in [3.63, 3.8) is 0 Å². The van der Waals surface area contributed by atoms with Crippen molar-refractivity contribution < 1.29 is 0 Å². The second-order valence-electron chi connectivity index (χ2n) is 4.21. The van der Waals surface area contributed by atoms with Crippen molar-refractivity contribution in [1.82, 2.24) is 0 Å². The van der Waals surface area contributed by atoms with Gasteiger partial charge in [-0.3, -0.25) is 0 Å². The molecule has 0 bridgehead atoms. The molecule has 0 aromatic heterocycles. The SMILES string of the molecule is CCC=Cc1c[c]cc(C=CCC)c1C=CCC. The normalized spacial score (nSPS) is 12.2. The van der Waals surface area contributed by atoms with Gasteiger partial charge in [0.1, 0.15) is 0 Å². The molecule has 1 radical (unpaired) electrons. The molecule has 0 atom stereocenters. The Morgan fingerprint density at radius 3 is 1.67 bits per heavy atom. The van der Waals surface area contributed by atoms with Crippen LogP contribution in [0.3, 0.4) is 0 Å². The maximum atomic E-state index is 3.23. The molecular formula is C18H23. The Hall–Kier alpha value is -1.56. The third kappa shape index (κ3) is 4.37. The molecule has 0 aliphatic carbocycles. The average Bonchev–Trinajstić information content (AvgIpc) is 2.41. The minimum atomic E-state index is 1.06. The molecule has 1 aromatic carbocycles. The number of benzene rings is 1. The molecule has 0 heterocycles. The number of rotatable bonds is 6. The fraction of sp³-hybridized carbons (Fsp3) is 0.333. The maximum absolute atomic E-state index is 3.23. The molecule has 0 fully saturated rings. The zero-order chi connectivity index (χ0) is 13.2. The Bertz CT molecular complexity index is 401. The third-order valence-electron chi connectivity index (χ3n) is 2.69. The lowest BCUT2D eigenvalue weighted by Crippen LogP contribution is -1.86. The summed E-state index contributed by atoms with van der Waals surface area (Å²) in [7, 11) is 0. The molecule has 0 saturated heterocycles. The minimum Gasteiger partial charge on any atom is -0.0842 e. The first-order chi connectivity index (χ1) is 8.83. The smallest absolute Gasteiger partial charge is 0.0114 e. The third-order valence-corrected chi connectivity index (χ3v) is 2.69. The van der Waals surface area contributed by atoms with E-state index in [0.29, 0.717) is 0 Å². The highest BCUT2D eigenvalue weighted by Gasteiger charge is 2.00. The zero-order valence-electron chi connectivity index (χ0n) is 11.7. The van der Waals surface area contributed by atoms with Crippen LogP contribution in [0.15, 0.2) is 30.4 Å². The summed E-state index contributed by atoms with van der Waals surface area (Å²) in [5.74, 6) is 0. The molecule has 95 valence electrons. The van der Waals surface area contributed by atoms with Crippen LogP contribution in [0.2, 0.25) is 0 Å². The van der Waals surface area contributed by atoms with Crippen LogP contribution in [0.5, 0.6) is 0 Å². The lowest BCUT2D eigenvalue weighted by atomic mass is 9.99. The summed E-state index contributed by atoms with van der Waals surface area (Å²) in [6.07, 6.45) is 16.4. The van der Waals surface area contributed by atoms with E-state index in [2.05, 4.69) is 75.4 Å². The first-order valence-electron chi connectivity index (χ1n) is 6.87. The van der Waals surface area contributed by atoms with Gasteiger partial charge < -0.3 is 0 Å². The van der Waals surface area contributed by atoms with Crippen LogP contribution in [0.25, 0.3) is 18.2 Å². The van der Waals surface area contributed by atoms with Crippen LogP contribution in [-0.4, -0.2) is 0 Å². The molecule has 0 nitrogen and oxygen atoms in total. The topological polar surface area (TPSA) is 0 Å². The molecule has 0 unspecified atom stereocenters. The second-order valence-corrected chi connectivity index (χ2v) is 4.21. The molecule has 0 amide bonds. The predicted molar refractivity (Wildman–Crippen MR) is 83.3 cm³/mol. The van der Waals surface area contributed by atoms with Crippen molar-refractivity contribution in [1.29, 1.82) is 0 Å². The van der Waals surface area contributed by atoms with Gasteiger partial charge in [-0.25, -0.2) is 0 Å². The summed E-state index contributed by atoms with van der Waals surface area (Å²) in [5, 5.41) is 0. The predicted octanol–water partition coefficient (Wildman–Crippen LogP) is 5.76. The van der Waals surface area contributed by atoms with E-state index in [9.17, 15) is 0 Å². The van der Waals surface area contributed by atoms with E-state index in [-0.39, 0.29) is 0 Å². The van der Waals surface area contributed by atoms with E-state index in [1.807, 2.05) is 0 Å². The van der Waals surface area contributed by atoms with E-state index >= 15 is 0 Å². The van der Waals surface area contributed by atoms with Crippen molar-refractivity contribution in [3.8, 4) is 0 Å². The van der Waals surface area contributed by atoms with Crippen molar-refractivity contribution in [2.75, 3.05) is 0 Å². The summed E-state index contributed by atoms with van der Waals surface area (Å²) in [6, 6.07) is 7.35. The van der Waals surface area contributed by atoms with Crippen molar-refractivity contribution in [2.24, 2.45) is 0 Å². The van der Waals surface area contributed by atoms with Crippen LogP contribution in [0, 0.1) is 6.07 Å². The van der Waals surface area contributed by atoms with E-state index in [0.717, 1.165) is 19.3 Å². The Kier molecular flexibility index (Phi) is 6.86. The molecule has 0 aliphatic rings. The summed E-state index contributed by atoms with van der Waals surface area (Å²) in [5.41, 5.74) is 3.80. The van der Waals surface area contributed by atoms with Gasteiger partial charge in [0.25, 0.3) is 0 Å². The fourth-order valence-corrected chi connectivity index (χ4v) is 1.74. The van der Waals surface area contributed by atoms with E-state index in [1.165, 1.54) is 16.7 Å². The summed E-state index contributed by atoms with van der Waals surface area (Å²) < 4.78 is 0. The van der Waals surface area contributed by atoms with Crippen LogP contribution < -0.4 is 0 Å². The summed E-state index contributed by atoms with van der Waals surface area (Å²) in [6.45, 7) is 6.47. The molecule has 0 aliphatic heterocycles. The lowest BCUT2D eigenvalue weighted by Gasteiger charge is -2.06. The monoisotopic (exact) mass is 239 g/mol. The fourth-order valence-electron chi connectivity index (χ4n) is 1.74. The quantitative estimate of drug-likeness (QED) is 0.592. The van der Waals surface area contributed by atoms with Gasteiger partial charge in [0, 0.05) is 0 Å². The van der Waals surface area contributed by atoms with Crippen LogP contribution >= 0.6 is 0 Å². The Morgan fingerprint density at radius 1 is 0.778 bits per heavy atom. The molecular weight excluding hydrogens is 216 g/mol. The highest BCUT2D eigenvalue weighted by Crippen LogP contribution is 2.20. The number of hydrogen-bond donors (Lipinski definition) is 0. The summed E-state index contributed by atoms with van der Waals surface area (Å²) >= 11 is 0. The van der Waals surface area contributed by atoms with Gasteiger partial charge >= 0.3 is 0 Å². The van der Waals surface area contributed by atoms with Crippen molar-refractivity contribution >= 4 is 18.2 Å². The van der Waals surface area contributed by atoms with Crippen molar-refractivity contribution in [3.05, 3.63) is 53.1 Å². The van der Waals surface area contributed by atoms with Gasteiger partial charge in [-0.15, -0.1) is 0 Å². The van der Waals surface area contributed by atoms with Gasteiger partial charge in [0.05, 0.1) is 0 Å². The second kappa shape index (κ2) is 8.52. The van der Waals surface area contributed by atoms with Gasteiger partial charge in [-0.05, 0) is 54.2 Å². The Morgan fingerprint density at radius 2 is 1.22 bits per heavy atom. The van der Waals surface area contributed by atoms with E-state index < -0.39 is 0 Å². The largest absolute Gasteiger partial charge is 0.0842 e. The van der Waals surface area contributed by atoms with E-state index in [4.69, 9.17) is 0 Å². The number of hydrogen-bond acceptors (Lipinski definition) is 0. The highest BCUT2D eigenvalue weighted by molar-refractivity contribution is 5.73. The van der Waals surface area contributed by atoms with E-state index in [1.54, 1.807) is 0 Å². The van der Waals surface area contributed by atoms with Crippen LogP contribution in [0.1, 0.15) is 56.7 Å². The molecule has 18 heavy (non-hydrogen) atoms. The Labute approximate surface area is 112 Å². The molecule has 0 N–H and O–H groups in total. The first kappa shape index (κ1) is 14.5. The maximum Gasteiger partial charge on any atom is -0.0114 e. The molecule has 1 aromatic rings. The summed E-state index contributed by atoms with van der Waals surface area (Å²) in [4.78, 5) is 0. The van der Waals surface area contributed by atoms with Crippen LogP contribution in [-0.2, 0) is 0 Å². The minimum absolute atomic E-state index is 1.06. The highest BCUT2D eigenvalue weighted by atomic mass is 14.0. The standard InChI is InChI=1S/C18H23/c1-4-7-11-16-13-10-14-17(12-8-5-2)18(16)15-9-6-3/h7-9,11-15H,4-6H2,1-3H3. The van der Waals surface area contributed by atoms with Gasteiger partial charge in [0.2, 0.25) is 0 Å². The van der Waals surface area contributed by atoms with Crippen LogP contribution in [0.4, 0.5) is 0 Å². The zero-order valence-corrected chi connectivity index (χ0v) is 11.7. The average molecular weight is 239 g/mol. The van der Waals surface area contributed by atoms with Gasteiger partial charge in [0.15, 0.2) is 0 Å². The molecule has 1 rings (SSSR count). The lowest BCUT2D eigenvalue weighted by molar-refractivity contribution is 1.23. The molecule has 0 saturated carbocycles. The number of allylic oxidation sites excluding steroid dienone is 3. The Balaban J connectivity index is 3.20. The van der Waals surface area contributed by atoms with Crippen molar-refractivity contribution in [2.45, 2.75) is 40.0 Å². The molecule has 0 spiro atoms. The molecule has 0 heteroatoms. The van der Waals surface area contributed by atoms with Gasteiger partial charge in [-0.2, -0.15) is 0 Å².